The highest BCUT2D eigenvalue weighted by Crippen LogP contribution is 2.37. The summed E-state index contributed by atoms with van der Waals surface area (Å²) in [6.45, 7) is 6.64. The van der Waals surface area contributed by atoms with Gasteiger partial charge in [0.1, 0.15) is 6.10 Å². The average molecular weight is 239 g/mol. The van der Waals surface area contributed by atoms with Crippen LogP contribution in [-0.4, -0.2) is 28.6 Å². The lowest BCUT2D eigenvalue weighted by atomic mass is 9.88. The second-order valence-electron chi connectivity index (χ2n) is 4.82. The van der Waals surface area contributed by atoms with E-state index in [4.69, 9.17) is 0 Å². The van der Waals surface area contributed by atoms with Gasteiger partial charge in [-0.1, -0.05) is 13.0 Å². The molecule has 1 aliphatic heterocycles. The molecule has 2 heterocycles. The maximum absolute atomic E-state index is 10.6. The van der Waals surface area contributed by atoms with Gasteiger partial charge in [0.2, 0.25) is 0 Å². The van der Waals surface area contributed by atoms with E-state index in [1.54, 1.807) is 11.3 Å². The fraction of sp³-hybridized carbons (Fsp3) is 0.692. The van der Waals surface area contributed by atoms with E-state index in [2.05, 4.69) is 18.7 Å². The number of hydrogen-bond acceptors (Lipinski definition) is 3. The fourth-order valence-corrected chi connectivity index (χ4v) is 3.43. The van der Waals surface area contributed by atoms with Crippen LogP contribution < -0.4 is 0 Å². The quantitative estimate of drug-likeness (QED) is 0.873. The van der Waals surface area contributed by atoms with Crippen LogP contribution in [0.25, 0.3) is 0 Å². The van der Waals surface area contributed by atoms with Crippen molar-refractivity contribution in [2.24, 2.45) is 0 Å². The molecule has 1 N–H and O–H groups in total. The number of rotatable bonds is 4. The van der Waals surface area contributed by atoms with Crippen LogP contribution in [0.4, 0.5) is 0 Å². The molecule has 1 aliphatic rings. The molecule has 1 aromatic heterocycles. The van der Waals surface area contributed by atoms with Gasteiger partial charge in [0.25, 0.3) is 0 Å². The summed E-state index contributed by atoms with van der Waals surface area (Å²) in [5.41, 5.74) is -0.0959. The van der Waals surface area contributed by atoms with Crippen molar-refractivity contribution in [3.63, 3.8) is 0 Å². The van der Waals surface area contributed by atoms with E-state index in [1.807, 2.05) is 17.5 Å². The van der Waals surface area contributed by atoms with Crippen LogP contribution in [0.3, 0.4) is 0 Å². The molecule has 0 bridgehead atoms. The van der Waals surface area contributed by atoms with Gasteiger partial charge < -0.3 is 5.11 Å². The Morgan fingerprint density at radius 3 is 2.69 bits per heavy atom. The minimum absolute atomic E-state index is 0.0959. The molecule has 3 heteroatoms. The summed E-state index contributed by atoms with van der Waals surface area (Å²) >= 11 is 1.66. The van der Waals surface area contributed by atoms with Crippen molar-refractivity contribution in [2.75, 3.05) is 13.1 Å². The third kappa shape index (κ3) is 2.04. The van der Waals surface area contributed by atoms with Gasteiger partial charge in [-0.3, -0.25) is 4.90 Å². The molecule has 2 nitrogen and oxygen atoms in total. The van der Waals surface area contributed by atoms with Crippen molar-refractivity contribution >= 4 is 11.3 Å². The third-order valence-corrected chi connectivity index (χ3v) is 4.87. The Hall–Kier alpha value is -0.380. The Labute approximate surface area is 102 Å². The lowest BCUT2D eigenvalue weighted by Gasteiger charge is -2.41. The van der Waals surface area contributed by atoms with E-state index in [0.29, 0.717) is 0 Å². The van der Waals surface area contributed by atoms with Crippen LogP contribution in [-0.2, 0) is 0 Å². The summed E-state index contributed by atoms with van der Waals surface area (Å²) in [4.78, 5) is 3.55. The molecule has 2 rings (SSSR count). The summed E-state index contributed by atoms with van der Waals surface area (Å²) in [6, 6.07) is 4.06. The number of hydrogen-bond donors (Lipinski definition) is 1. The lowest BCUT2D eigenvalue weighted by Crippen LogP contribution is -2.48. The van der Waals surface area contributed by atoms with Crippen molar-refractivity contribution in [1.82, 2.24) is 4.90 Å². The molecular formula is C13H21NOS. The van der Waals surface area contributed by atoms with Gasteiger partial charge in [0.05, 0.1) is 0 Å². The highest BCUT2D eigenvalue weighted by molar-refractivity contribution is 7.10. The standard InChI is InChI=1S/C13H21NOS/c1-3-13(2,14-8-4-5-9-14)12(15)11-7-6-10-16-11/h6-7,10,12,15H,3-5,8-9H2,1-2H3. The predicted octanol–water partition coefficient (Wildman–Crippen LogP) is 3.05. The normalized spacial score (nSPS) is 23.2. The molecule has 0 amide bonds. The Morgan fingerprint density at radius 2 is 2.19 bits per heavy atom. The number of aliphatic hydroxyl groups is 1. The Balaban J connectivity index is 2.19. The summed E-state index contributed by atoms with van der Waals surface area (Å²) in [7, 11) is 0. The van der Waals surface area contributed by atoms with Gasteiger partial charge in [0, 0.05) is 10.4 Å². The Kier molecular flexibility index (Phi) is 3.67. The summed E-state index contributed by atoms with van der Waals surface area (Å²) in [5, 5.41) is 12.6. The Bertz CT molecular complexity index is 319. The maximum Gasteiger partial charge on any atom is 0.106 e. The molecule has 2 atom stereocenters. The van der Waals surface area contributed by atoms with Crippen molar-refractivity contribution < 1.29 is 5.11 Å². The number of thiophene rings is 1. The second-order valence-corrected chi connectivity index (χ2v) is 5.80. The first kappa shape index (κ1) is 12.1. The van der Waals surface area contributed by atoms with Crippen LogP contribution in [0.5, 0.6) is 0 Å². The van der Waals surface area contributed by atoms with Crippen LogP contribution in [0.2, 0.25) is 0 Å². The smallest absolute Gasteiger partial charge is 0.106 e. The van der Waals surface area contributed by atoms with Crippen LogP contribution in [0.1, 0.15) is 44.1 Å². The molecule has 0 saturated carbocycles. The highest BCUT2D eigenvalue weighted by Gasteiger charge is 2.39. The van der Waals surface area contributed by atoms with E-state index in [-0.39, 0.29) is 11.6 Å². The van der Waals surface area contributed by atoms with Crippen molar-refractivity contribution in [2.45, 2.75) is 44.8 Å². The molecule has 0 spiro atoms. The second kappa shape index (κ2) is 4.86. The molecule has 1 fully saturated rings. The zero-order chi connectivity index (χ0) is 11.6. The first-order valence-electron chi connectivity index (χ1n) is 6.15. The maximum atomic E-state index is 10.6. The molecule has 0 aliphatic carbocycles. The van der Waals surface area contributed by atoms with Crippen LogP contribution in [0, 0.1) is 0 Å². The van der Waals surface area contributed by atoms with E-state index in [1.165, 1.54) is 12.8 Å². The van der Waals surface area contributed by atoms with Crippen molar-refractivity contribution in [1.29, 1.82) is 0 Å². The van der Waals surface area contributed by atoms with Gasteiger partial charge in [-0.15, -0.1) is 11.3 Å². The molecule has 2 unspecified atom stereocenters. The molecule has 1 saturated heterocycles. The molecule has 1 aromatic rings. The number of likely N-dealkylation sites (tertiary alicyclic amines) is 1. The van der Waals surface area contributed by atoms with Crippen molar-refractivity contribution in [3.05, 3.63) is 22.4 Å². The first-order chi connectivity index (χ1) is 7.68. The first-order valence-corrected chi connectivity index (χ1v) is 7.03. The van der Waals surface area contributed by atoms with E-state index < -0.39 is 0 Å². The Morgan fingerprint density at radius 1 is 1.50 bits per heavy atom. The monoisotopic (exact) mass is 239 g/mol. The van der Waals surface area contributed by atoms with E-state index >= 15 is 0 Å². The topological polar surface area (TPSA) is 23.5 Å². The number of nitrogens with zero attached hydrogens (tertiary/aromatic N) is 1. The predicted molar refractivity (Wildman–Crippen MR) is 68.8 cm³/mol. The van der Waals surface area contributed by atoms with Gasteiger partial charge in [-0.25, -0.2) is 0 Å². The molecule has 0 aromatic carbocycles. The van der Waals surface area contributed by atoms with Gasteiger partial charge in [0.15, 0.2) is 0 Å². The van der Waals surface area contributed by atoms with Gasteiger partial charge in [-0.2, -0.15) is 0 Å². The molecule has 90 valence electrons. The molecule has 16 heavy (non-hydrogen) atoms. The molecule has 0 radical (unpaired) electrons. The lowest BCUT2D eigenvalue weighted by molar-refractivity contribution is -0.0119. The van der Waals surface area contributed by atoms with Gasteiger partial charge >= 0.3 is 0 Å². The third-order valence-electron chi connectivity index (χ3n) is 3.95. The molecular weight excluding hydrogens is 218 g/mol. The number of aliphatic hydroxyl groups excluding tert-OH is 1. The zero-order valence-electron chi connectivity index (χ0n) is 10.1. The summed E-state index contributed by atoms with van der Waals surface area (Å²) in [6.07, 6.45) is 3.18. The average Bonchev–Trinajstić information content (AvgIpc) is 2.98. The zero-order valence-corrected chi connectivity index (χ0v) is 11.0. The highest BCUT2D eigenvalue weighted by atomic mass is 32.1. The van der Waals surface area contributed by atoms with E-state index in [0.717, 1.165) is 24.4 Å². The SMILES string of the molecule is CCC(C)(C(O)c1cccs1)N1CCCC1. The summed E-state index contributed by atoms with van der Waals surface area (Å²) in [5.74, 6) is 0. The van der Waals surface area contributed by atoms with Crippen molar-refractivity contribution in [3.8, 4) is 0 Å². The summed E-state index contributed by atoms with van der Waals surface area (Å²) < 4.78 is 0. The van der Waals surface area contributed by atoms with Crippen LogP contribution >= 0.6 is 11.3 Å². The fourth-order valence-electron chi connectivity index (χ4n) is 2.57. The minimum atomic E-state index is -0.351. The van der Waals surface area contributed by atoms with Crippen LogP contribution in [0.15, 0.2) is 17.5 Å². The largest absolute Gasteiger partial charge is 0.386 e. The van der Waals surface area contributed by atoms with Gasteiger partial charge in [-0.05, 0) is 50.7 Å². The van der Waals surface area contributed by atoms with E-state index in [9.17, 15) is 5.11 Å². The minimum Gasteiger partial charge on any atom is -0.386 e.